The zero-order valence-corrected chi connectivity index (χ0v) is 14.4. The molecular formula is C18H19FN2O3S. The second kappa shape index (κ2) is 7.33. The van der Waals surface area contributed by atoms with E-state index in [1.807, 2.05) is 30.3 Å². The van der Waals surface area contributed by atoms with Crippen molar-refractivity contribution in [2.45, 2.75) is 23.8 Å². The van der Waals surface area contributed by atoms with Crippen LogP contribution in [0.15, 0.2) is 53.4 Å². The molecule has 0 bridgehead atoms. The van der Waals surface area contributed by atoms with E-state index in [1.54, 1.807) is 6.07 Å². The monoisotopic (exact) mass is 362 g/mol. The first kappa shape index (κ1) is 17.6. The molecule has 0 spiro atoms. The minimum atomic E-state index is -3.71. The number of carbonyl (C=O) groups is 1. The number of alkyl halides is 1. The maximum absolute atomic E-state index is 12.8. The highest BCUT2D eigenvalue weighted by Crippen LogP contribution is 2.21. The molecule has 2 N–H and O–H groups in total. The van der Waals surface area contributed by atoms with Gasteiger partial charge in [-0.05, 0) is 36.1 Å². The lowest BCUT2D eigenvalue weighted by atomic mass is 9.96. The Kier molecular flexibility index (Phi) is 5.15. The molecule has 0 fully saturated rings. The highest BCUT2D eigenvalue weighted by atomic mass is 32.2. The lowest BCUT2D eigenvalue weighted by Gasteiger charge is -2.23. The van der Waals surface area contributed by atoms with Gasteiger partial charge in [0.05, 0.1) is 10.9 Å². The van der Waals surface area contributed by atoms with Crippen LogP contribution in [0.5, 0.6) is 0 Å². The van der Waals surface area contributed by atoms with Crippen LogP contribution < -0.4 is 10.0 Å². The Morgan fingerprint density at radius 2 is 1.92 bits per heavy atom. The Labute approximate surface area is 146 Å². The van der Waals surface area contributed by atoms with Crippen LogP contribution in [0.1, 0.15) is 21.5 Å². The van der Waals surface area contributed by atoms with Gasteiger partial charge in [-0.3, -0.25) is 4.79 Å². The molecule has 0 radical (unpaired) electrons. The Hall–Kier alpha value is -2.25. The molecule has 1 aliphatic rings. The number of carbonyl (C=O) groups excluding carboxylic acids is 1. The van der Waals surface area contributed by atoms with E-state index >= 15 is 0 Å². The average molecular weight is 362 g/mol. The molecule has 0 saturated heterocycles. The number of fused-ring (bicyclic) bond motifs is 1. The van der Waals surface area contributed by atoms with Crippen molar-refractivity contribution in [3.05, 3.63) is 65.2 Å². The van der Waals surface area contributed by atoms with Gasteiger partial charge in [0.25, 0.3) is 5.91 Å². The summed E-state index contributed by atoms with van der Waals surface area (Å²) in [6.07, 6.45) is 0.934. The molecule has 7 heteroatoms. The van der Waals surface area contributed by atoms with Crippen molar-refractivity contribution in [1.82, 2.24) is 10.0 Å². The summed E-state index contributed by atoms with van der Waals surface area (Å²) in [4.78, 5) is 12.1. The van der Waals surface area contributed by atoms with E-state index in [0.717, 1.165) is 5.56 Å². The SMILES string of the molecule is O=C1NC(CF)Cc2ccc(S(=O)(=O)NCCc3ccccc3)cc21. The third-order valence-electron chi connectivity index (χ3n) is 4.17. The molecule has 1 atom stereocenters. The van der Waals surface area contributed by atoms with Crippen molar-refractivity contribution >= 4 is 15.9 Å². The van der Waals surface area contributed by atoms with Crippen LogP contribution in [-0.4, -0.2) is 33.6 Å². The van der Waals surface area contributed by atoms with Crippen LogP contribution in [0.25, 0.3) is 0 Å². The molecule has 132 valence electrons. The number of hydrogen-bond donors (Lipinski definition) is 2. The molecule has 2 aromatic rings. The molecule has 25 heavy (non-hydrogen) atoms. The summed E-state index contributed by atoms with van der Waals surface area (Å²) in [5, 5.41) is 2.54. The summed E-state index contributed by atoms with van der Waals surface area (Å²) >= 11 is 0. The first-order valence-corrected chi connectivity index (χ1v) is 9.51. The van der Waals surface area contributed by atoms with Crippen LogP contribution in [0, 0.1) is 0 Å². The fourth-order valence-corrected chi connectivity index (χ4v) is 3.90. The maximum atomic E-state index is 12.8. The van der Waals surface area contributed by atoms with Crippen molar-refractivity contribution in [2.24, 2.45) is 0 Å². The molecule has 2 aromatic carbocycles. The zero-order chi connectivity index (χ0) is 17.9. The minimum absolute atomic E-state index is 0.0353. The Bertz CT molecular complexity index is 869. The highest BCUT2D eigenvalue weighted by Gasteiger charge is 2.26. The molecule has 3 rings (SSSR count). The van der Waals surface area contributed by atoms with Crippen LogP contribution >= 0.6 is 0 Å². The van der Waals surface area contributed by atoms with Gasteiger partial charge in [0.1, 0.15) is 6.67 Å². The lowest BCUT2D eigenvalue weighted by Crippen LogP contribution is -2.42. The molecule has 1 amide bonds. The molecule has 0 aliphatic carbocycles. The zero-order valence-electron chi connectivity index (χ0n) is 13.5. The summed E-state index contributed by atoms with van der Waals surface area (Å²) < 4.78 is 40.2. The first-order chi connectivity index (χ1) is 12.0. The summed E-state index contributed by atoms with van der Waals surface area (Å²) in [6.45, 7) is -0.383. The van der Waals surface area contributed by atoms with E-state index in [0.29, 0.717) is 18.4 Å². The van der Waals surface area contributed by atoms with Crippen LogP contribution in [-0.2, 0) is 22.9 Å². The van der Waals surface area contributed by atoms with Gasteiger partial charge in [0, 0.05) is 12.1 Å². The van der Waals surface area contributed by atoms with E-state index in [4.69, 9.17) is 0 Å². The number of rotatable bonds is 6. The number of amides is 1. The van der Waals surface area contributed by atoms with Gasteiger partial charge >= 0.3 is 0 Å². The van der Waals surface area contributed by atoms with E-state index in [9.17, 15) is 17.6 Å². The molecule has 1 heterocycles. The average Bonchev–Trinajstić information content (AvgIpc) is 2.62. The van der Waals surface area contributed by atoms with Crippen molar-refractivity contribution in [3.8, 4) is 0 Å². The van der Waals surface area contributed by atoms with Crippen molar-refractivity contribution < 1.29 is 17.6 Å². The number of sulfonamides is 1. The predicted octanol–water partition coefficient (Wildman–Crippen LogP) is 1.83. The molecule has 1 unspecified atom stereocenters. The lowest BCUT2D eigenvalue weighted by molar-refractivity contribution is 0.0917. The van der Waals surface area contributed by atoms with Gasteiger partial charge in [-0.15, -0.1) is 0 Å². The number of halogens is 1. The van der Waals surface area contributed by atoms with Crippen LogP contribution in [0.3, 0.4) is 0 Å². The normalized spacial score (nSPS) is 17.0. The van der Waals surface area contributed by atoms with Gasteiger partial charge in [0.15, 0.2) is 0 Å². The van der Waals surface area contributed by atoms with E-state index < -0.39 is 28.6 Å². The summed E-state index contributed by atoms with van der Waals surface area (Å²) in [7, 11) is -3.71. The summed E-state index contributed by atoms with van der Waals surface area (Å²) in [5.74, 6) is -0.440. The Morgan fingerprint density at radius 1 is 1.16 bits per heavy atom. The Morgan fingerprint density at radius 3 is 2.64 bits per heavy atom. The fourth-order valence-electron chi connectivity index (χ4n) is 2.84. The molecule has 0 aromatic heterocycles. The summed E-state index contributed by atoms with van der Waals surface area (Å²) in [6, 6.07) is 13.4. The smallest absolute Gasteiger partial charge is 0.251 e. The fraction of sp³-hybridized carbons (Fsp3) is 0.278. The molecule has 1 aliphatic heterocycles. The van der Waals surface area contributed by atoms with Crippen molar-refractivity contribution in [3.63, 3.8) is 0 Å². The maximum Gasteiger partial charge on any atom is 0.251 e. The molecule has 0 saturated carbocycles. The minimum Gasteiger partial charge on any atom is -0.346 e. The second-order valence-corrected chi connectivity index (χ2v) is 7.75. The van der Waals surface area contributed by atoms with E-state index in [1.165, 1.54) is 12.1 Å². The number of benzene rings is 2. The molecular weight excluding hydrogens is 343 g/mol. The van der Waals surface area contributed by atoms with Crippen molar-refractivity contribution in [1.29, 1.82) is 0 Å². The second-order valence-electron chi connectivity index (χ2n) is 5.98. The van der Waals surface area contributed by atoms with Crippen LogP contribution in [0.2, 0.25) is 0 Å². The van der Waals surface area contributed by atoms with E-state index in [-0.39, 0.29) is 17.0 Å². The third kappa shape index (κ3) is 4.05. The molecule has 5 nitrogen and oxygen atoms in total. The van der Waals surface area contributed by atoms with Gasteiger partial charge in [-0.1, -0.05) is 36.4 Å². The highest BCUT2D eigenvalue weighted by molar-refractivity contribution is 7.89. The quantitative estimate of drug-likeness (QED) is 0.823. The topological polar surface area (TPSA) is 75.3 Å². The largest absolute Gasteiger partial charge is 0.346 e. The summed E-state index contributed by atoms with van der Waals surface area (Å²) in [5.41, 5.74) is 1.98. The van der Waals surface area contributed by atoms with Gasteiger partial charge in [0.2, 0.25) is 10.0 Å². The van der Waals surface area contributed by atoms with Gasteiger partial charge in [-0.2, -0.15) is 0 Å². The standard InChI is InChI=1S/C18H19FN2O3S/c19-12-15-10-14-6-7-16(11-17(14)18(22)21-15)25(23,24)20-9-8-13-4-2-1-3-5-13/h1-7,11,15,20H,8-10,12H2,(H,21,22). The van der Waals surface area contributed by atoms with Gasteiger partial charge in [-0.25, -0.2) is 17.5 Å². The number of hydrogen-bond acceptors (Lipinski definition) is 3. The van der Waals surface area contributed by atoms with Crippen LogP contribution in [0.4, 0.5) is 4.39 Å². The van der Waals surface area contributed by atoms with E-state index in [2.05, 4.69) is 10.0 Å². The third-order valence-corrected chi connectivity index (χ3v) is 5.63. The Balaban J connectivity index is 1.72. The first-order valence-electron chi connectivity index (χ1n) is 8.03. The van der Waals surface area contributed by atoms with Crippen molar-refractivity contribution in [2.75, 3.05) is 13.2 Å². The predicted molar refractivity (Wildman–Crippen MR) is 92.7 cm³/mol. The van der Waals surface area contributed by atoms with Gasteiger partial charge < -0.3 is 5.32 Å². The number of nitrogens with one attached hydrogen (secondary N) is 2.